The first-order valence-corrected chi connectivity index (χ1v) is 3.61. The molecule has 1 rings (SSSR count). The predicted molar refractivity (Wildman–Crippen MR) is 34.6 cm³/mol. The van der Waals surface area contributed by atoms with Gasteiger partial charge >= 0.3 is 12.4 Å². The topological polar surface area (TPSA) is 41.8 Å². The molecule has 1 saturated heterocycles. The minimum Gasteiger partial charge on any atom is -0.411 e. The van der Waals surface area contributed by atoms with E-state index in [2.05, 4.69) is 9.89 Å². The summed E-state index contributed by atoms with van der Waals surface area (Å²) in [6.07, 6.45) is -12.7. The Morgan fingerprint density at radius 2 is 1.60 bits per heavy atom. The lowest BCUT2D eigenvalue weighted by atomic mass is 9.98. The molecule has 1 aliphatic rings. The van der Waals surface area contributed by atoms with Crippen molar-refractivity contribution in [2.45, 2.75) is 24.4 Å². The van der Waals surface area contributed by atoms with Gasteiger partial charge in [0.25, 0.3) is 5.60 Å². The van der Waals surface area contributed by atoms with Crippen LogP contribution in [0.3, 0.4) is 0 Å². The molecule has 15 heavy (non-hydrogen) atoms. The summed E-state index contributed by atoms with van der Waals surface area (Å²) >= 11 is 0. The van der Waals surface area contributed by atoms with E-state index in [9.17, 15) is 26.3 Å². The molecule has 0 radical (unpaired) electrons. The van der Waals surface area contributed by atoms with Gasteiger partial charge in [-0.15, -0.1) is 0 Å². The number of hydrogen-bond acceptors (Lipinski definition) is 3. The molecule has 0 saturated carbocycles. The van der Waals surface area contributed by atoms with Crippen LogP contribution in [0, 0.1) is 0 Å². The molecule has 0 atom stereocenters. The zero-order valence-electron chi connectivity index (χ0n) is 6.98. The molecule has 1 fully saturated rings. The van der Waals surface area contributed by atoms with Gasteiger partial charge in [-0.1, -0.05) is 5.16 Å². The van der Waals surface area contributed by atoms with Crippen LogP contribution in [-0.2, 0) is 4.74 Å². The third-order valence-electron chi connectivity index (χ3n) is 2.00. The molecule has 0 unspecified atom stereocenters. The highest BCUT2D eigenvalue weighted by Crippen LogP contribution is 2.50. The van der Waals surface area contributed by atoms with Gasteiger partial charge in [0.05, 0.1) is 12.3 Å². The summed E-state index contributed by atoms with van der Waals surface area (Å²) in [4.78, 5) is 0. The lowest BCUT2D eigenvalue weighted by molar-refractivity contribution is -0.367. The summed E-state index contributed by atoms with van der Waals surface area (Å²) < 4.78 is 77.2. The molecular weight excluding hydrogens is 232 g/mol. The van der Waals surface area contributed by atoms with Crippen LogP contribution in [-0.4, -0.2) is 35.5 Å². The first kappa shape index (κ1) is 12.1. The van der Waals surface area contributed by atoms with Crippen molar-refractivity contribution in [3.63, 3.8) is 0 Å². The van der Waals surface area contributed by atoms with Gasteiger partial charge in [-0.25, -0.2) is 0 Å². The van der Waals surface area contributed by atoms with Gasteiger partial charge in [0.15, 0.2) is 0 Å². The summed E-state index contributed by atoms with van der Waals surface area (Å²) in [6.45, 7) is -0.991. The maximum absolute atomic E-state index is 12.2. The van der Waals surface area contributed by atoms with E-state index in [-0.39, 0.29) is 0 Å². The summed E-state index contributed by atoms with van der Waals surface area (Å²) in [7, 11) is 0. The standard InChI is InChI=1S/C6H5F6NO2/c7-5(8,9)4(6(10,11)12)1-3(13-14)2-15-4/h14H,1-2H2/b13-3-. The van der Waals surface area contributed by atoms with E-state index in [1.807, 2.05) is 0 Å². The second-order valence-electron chi connectivity index (χ2n) is 2.95. The Labute approximate surface area is 79.3 Å². The number of alkyl halides is 6. The van der Waals surface area contributed by atoms with E-state index in [4.69, 9.17) is 5.21 Å². The lowest BCUT2D eigenvalue weighted by Crippen LogP contribution is -2.56. The fourth-order valence-corrected chi connectivity index (χ4v) is 1.18. The molecule has 0 bridgehead atoms. The molecule has 0 aromatic heterocycles. The summed E-state index contributed by atoms with van der Waals surface area (Å²) in [5.41, 5.74) is -4.94. The van der Waals surface area contributed by atoms with Gasteiger partial charge in [0.2, 0.25) is 0 Å². The van der Waals surface area contributed by atoms with E-state index in [0.717, 1.165) is 0 Å². The molecule has 1 aliphatic heterocycles. The summed E-state index contributed by atoms with van der Waals surface area (Å²) in [5, 5.41) is 10.4. The number of nitrogens with zero attached hydrogens (tertiary/aromatic N) is 1. The van der Waals surface area contributed by atoms with E-state index >= 15 is 0 Å². The predicted octanol–water partition coefficient (Wildman–Crippen LogP) is 2.10. The van der Waals surface area contributed by atoms with Crippen molar-refractivity contribution >= 4 is 5.71 Å². The fraction of sp³-hybridized carbons (Fsp3) is 0.833. The van der Waals surface area contributed by atoms with E-state index in [1.54, 1.807) is 0 Å². The number of hydrogen-bond donors (Lipinski definition) is 1. The van der Waals surface area contributed by atoms with Gasteiger partial charge in [0, 0.05) is 6.42 Å². The zero-order chi connectivity index (χ0) is 11.9. The third-order valence-corrected chi connectivity index (χ3v) is 2.00. The second-order valence-corrected chi connectivity index (χ2v) is 2.95. The van der Waals surface area contributed by atoms with Crippen LogP contribution in [0.25, 0.3) is 0 Å². The molecule has 9 heteroatoms. The highest BCUT2D eigenvalue weighted by atomic mass is 19.4. The van der Waals surface area contributed by atoms with E-state index in [1.165, 1.54) is 0 Å². The SMILES string of the molecule is O/N=C1\COC(C(F)(F)F)(C(F)(F)F)C1. The van der Waals surface area contributed by atoms with E-state index in [0.29, 0.717) is 0 Å². The minimum atomic E-state index is -5.60. The summed E-state index contributed by atoms with van der Waals surface area (Å²) in [6, 6.07) is 0. The molecule has 1 N–H and O–H groups in total. The summed E-state index contributed by atoms with van der Waals surface area (Å²) in [5.74, 6) is 0. The van der Waals surface area contributed by atoms with Gasteiger partial charge in [-0.2, -0.15) is 26.3 Å². The van der Waals surface area contributed by atoms with Crippen LogP contribution in [0.15, 0.2) is 5.16 Å². The highest BCUT2D eigenvalue weighted by molar-refractivity contribution is 5.88. The number of ether oxygens (including phenoxy) is 1. The van der Waals surface area contributed by atoms with Crippen LogP contribution < -0.4 is 0 Å². The van der Waals surface area contributed by atoms with Gasteiger partial charge in [0.1, 0.15) is 0 Å². The van der Waals surface area contributed by atoms with Gasteiger partial charge < -0.3 is 9.94 Å². The molecule has 1 heterocycles. The Balaban J connectivity index is 3.13. The second kappa shape index (κ2) is 3.26. The molecular formula is C6H5F6NO2. The lowest BCUT2D eigenvalue weighted by Gasteiger charge is -2.31. The maximum atomic E-state index is 12.2. The Morgan fingerprint density at radius 3 is 1.80 bits per heavy atom. The largest absolute Gasteiger partial charge is 0.426 e. The number of oxime groups is 1. The van der Waals surface area contributed by atoms with Crippen LogP contribution in [0.5, 0.6) is 0 Å². The van der Waals surface area contributed by atoms with Gasteiger partial charge in [-0.3, -0.25) is 0 Å². The van der Waals surface area contributed by atoms with Crippen LogP contribution in [0.2, 0.25) is 0 Å². The van der Waals surface area contributed by atoms with Crippen LogP contribution >= 0.6 is 0 Å². The maximum Gasteiger partial charge on any atom is 0.426 e. The van der Waals surface area contributed by atoms with Gasteiger partial charge in [-0.05, 0) is 0 Å². The van der Waals surface area contributed by atoms with Crippen molar-refractivity contribution in [1.29, 1.82) is 0 Å². The van der Waals surface area contributed by atoms with Crippen LogP contribution in [0.4, 0.5) is 26.3 Å². The quantitative estimate of drug-likeness (QED) is 0.398. The van der Waals surface area contributed by atoms with E-state index < -0.39 is 36.7 Å². The van der Waals surface area contributed by atoms with Crippen molar-refractivity contribution < 1.29 is 36.3 Å². The molecule has 3 nitrogen and oxygen atoms in total. The molecule has 0 spiro atoms. The zero-order valence-corrected chi connectivity index (χ0v) is 6.98. The Morgan fingerprint density at radius 1 is 1.13 bits per heavy atom. The first-order chi connectivity index (χ1) is 6.64. The molecule has 0 aliphatic carbocycles. The first-order valence-electron chi connectivity index (χ1n) is 3.61. The van der Waals surface area contributed by atoms with Crippen molar-refractivity contribution in [2.75, 3.05) is 6.61 Å². The number of halogens is 6. The van der Waals surface area contributed by atoms with Crippen molar-refractivity contribution in [3.05, 3.63) is 0 Å². The minimum absolute atomic E-state index is 0.690. The molecule has 88 valence electrons. The monoisotopic (exact) mass is 237 g/mol. The molecule has 0 aromatic rings. The average molecular weight is 237 g/mol. The Bertz CT molecular complexity index is 266. The smallest absolute Gasteiger partial charge is 0.411 e. The molecule has 0 aromatic carbocycles. The van der Waals surface area contributed by atoms with Crippen LogP contribution in [0.1, 0.15) is 6.42 Å². The normalized spacial score (nSPS) is 24.8. The highest BCUT2D eigenvalue weighted by Gasteiger charge is 2.74. The van der Waals surface area contributed by atoms with Crippen molar-refractivity contribution in [2.24, 2.45) is 5.16 Å². The Kier molecular flexibility index (Phi) is 2.62. The molecule has 0 amide bonds. The van der Waals surface area contributed by atoms with Crippen molar-refractivity contribution in [1.82, 2.24) is 0 Å². The van der Waals surface area contributed by atoms with Crippen molar-refractivity contribution in [3.8, 4) is 0 Å². The third kappa shape index (κ3) is 1.75. The average Bonchev–Trinajstić information content (AvgIpc) is 2.45. The Hall–Kier alpha value is -0.990. The number of rotatable bonds is 0. The fourth-order valence-electron chi connectivity index (χ4n) is 1.18.